The van der Waals surface area contributed by atoms with Crippen molar-refractivity contribution in [2.45, 2.75) is 32.2 Å². The van der Waals surface area contributed by atoms with Gasteiger partial charge in [-0.05, 0) is 12.8 Å². The lowest BCUT2D eigenvalue weighted by Crippen LogP contribution is -2.45. The van der Waals surface area contributed by atoms with Crippen LogP contribution in [0.3, 0.4) is 0 Å². The minimum absolute atomic E-state index is 0.0911. The first-order valence-electron chi connectivity index (χ1n) is 5.56. The summed E-state index contributed by atoms with van der Waals surface area (Å²) in [6.07, 6.45) is 3.58. The number of piperidine rings is 1. The smallest absolute Gasteiger partial charge is 0.331 e. The topological polar surface area (TPSA) is 78.4 Å². The summed E-state index contributed by atoms with van der Waals surface area (Å²) in [5.41, 5.74) is 0.423. The summed E-state index contributed by atoms with van der Waals surface area (Å²) in [6, 6.07) is 0.251. The van der Waals surface area contributed by atoms with Crippen molar-refractivity contribution in [1.29, 1.82) is 0 Å². The van der Waals surface area contributed by atoms with Crippen LogP contribution in [0.15, 0.2) is 11.6 Å². The first-order chi connectivity index (χ1) is 7.63. The SMILES string of the molecule is CCC(=CCNC1CCC(=O)NC1)C(=O)O. The Bertz CT molecular complexity index is 290. The second-order valence-electron chi connectivity index (χ2n) is 3.84. The third kappa shape index (κ3) is 4.02. The molecule has 0 saturated carbocycles. The zero-order chi connectivity index (χ0) is 12.0. The van der Waals surface area contributed by atoms with Crippen molar-refractivity contribution in [3.8, 4) is 0 Å². The molecule has 0 bridgehead atoms. The zero-order valence-corrected chi connectivity index (χ0v) is 9.45. The highest BCUT2D eigenvalue weighted by molar-refractivity contribution is 5.86. The molecule has 1 heterocycles. The Morgan fingerprint density at radius 3 is 2.94 bits per heavy atom. The van der Waals surface area contributed by atoms with Crippen molar-refractivity contribution >= 4 is 11.9 Å². The van der Waals surface area contributed by atoms with Crippen molar-refractivity contribution < 1.29 is 14.7 Å². The van der Waals surface area contributed by atoms with Crippen LogP contribution in [0.25, 0.3) is 0 Å². The fourth-order valence-corrected chi connectivity index (χ4v) is 1.64. The number of hydrogen-bond donors (Lipinski definition) is 3. The fraction of sp³-hybridized carbons (Fsp3) is 0.636. The zero-order valence-electron chi connectivity index (χ0n) is 9.45. The molecule has 1 fully saturated rings. The lowest BCUT2D eigenvalue weighted by molar-refractivity contribution is -0.132. The highest BCUT2D eigenvalue weighted by atomic mass is 16.4. The van der Waals surface area contributed by atoms with Crippen LogP contribution in [-0.4, -0.2) is 36.1 Å². The number of carboxylic acids is 1. The van der Waals surface area contributed by atoms with Gasteiger partial charge in [-0.25, -0.2) is 4.79 Å². The number of aliphatic carboxylic acids is 1. The van der Waals surface area contributed by atoms with Crippen molar-refractivity contribution in [1.82, 2.24) is 10.6 Å². The van der Waals surface area contributed by atoms with Gasteiger partial charge >= 0.3 is 5.97 Å². The van der Waals surface area contributed by atoms with Crippen molar-refractivity contribution in [3.63, 3.8) is 0 Å². The lowest BCUT2D eigenvalue weighted by atomic mass is 10.1. The van der Waals surface area contributed by atoms with E-state index in [1.165, 1.54) is 0 Å². The van der Waals surface area contributed by atoms with E-state index < -0.39 is 5.97 Å². The molecule has 5 heteroatoms. The minimum atomic E-state index is -0.860. The van der Waals surface area contributed by atoms with Crippen LogP contribution in [0.5, 0.6) is 0 Å². The summed E-state index contributed by atoms with van der Waals surface area (Å²) in [5, 5.41) is 14.8. The quantitative estimate of drug-likeness (QED) is 0.588. The van der Waals surface area contributed by atoms with Crippen molar-refractivity contribution in [2.75, 3.05) is 13.1 Å². The van der Waals surface area contributed by atoms with Gasteiger partial charge in [0.15, 0.2) is 0 Å². The Balaban J connectivity index is 2.29. The predicted octanol–water partition coefficient (Wildman–Crippen LogP) is 0.276. The van der Waals surface area contributed by atoms with Gasteiger partial charge in [0.05, 0.1) is 0 Å². The summed E-state index contributed by atoms with van der Waals surface area (Å²) < 4.78 is 0. The first-order valence-corrected chi connectivity index (χ1v) is 5.56. The molecule has 16 heavy (non-hydrogen) atoms. The van der Waals surface area contributed by atoms with Crippen LogP contribution in [-0.2, 0) is 9.59 Å². The van der Waals surface area contributed by atoms with E-state index in [1.807, 2.05) is 6.92 Å². The molecule has 1 atom stereocenters. The highest BCUT2D eigenvalue weighted by Gasteiger charge is 2.16. The Morgan fingerprint density at radius 1 is 1.69 bits per heavy atom. The number of carbonyl (C=O) groups excluding carboxylic acids is 1. The fourth-order valence-electron chi connectivity index (χ4n) is 1.64. The van der Waals surface area contributed by atoms with E-state index >= 15 is 0 Å². The Labute approximate surface area is 94.9 Å². The summed E-state index contributed by atoms with van der Waals surface area (Å²) >= 11 is 0. The van der Waals surface area contributed by atoms with Crippen LogP contribution in [0.2, 0.25) is 0 Å². The Hall–Kier alpha value is -1.36. The molecule has 0 aromatic carbocycles. The van der Waals surface area contributed by atoms with Gasteiger partial charge in [-0.1, -0.05) is 13.0 Å². The van der Waals surface area contributed by atoms with E-state index in [9.17, 15) is 9.59 Å². The molecule has 5 nitrogen and oxygen atoms in total. The lowest BCUT2D eigenvalue weighted by Gasteiger charge is -2.22. The van der Waals surface area contributed by atoms with Gasteiger partial charge in [0.2, 0.25) is 5.91 Å². The van der Waals surface area contributed by atoms with Gasteiger partial charge in [-0.2, -0.15) is 0 Å². The highest BCUT2D eigenvalue weighted by Crippen LogP contribution is 2.03. The molecule has 1 rings (SSSR count). The number of rotatable bonds is 5. The maximum absolute atomic E-state index is 10.9. The molecule has 0 spiro atoms. The number of nitrogens with one attached hydrogen (secondary N) is 2. The van der Waals surface area contributed by atoms with Gasteiger partial charge in [0.25, 0.3) is 0 Å². The summed E-state index contributed by atoms with van der Waals surface area (Å²) in [4.78, 5) is 21.6. The minimum Gasteiger partial charge on any atom is -0.478 e. The first kappa shape index (κ1) is 12.7. The number of carbonyl (C=O) groups is 2. The standard InChI is InChI=1S/C11H18N2O3/c1-2-8(11(15)16)5-6-12-9-3-4-10(14)13-7-9/h5,9,12H,2-4,6-7H2,1H3,(H,13,14)(H,15,16). The number of amides is 1. The monoisotopic (exact) mass is 226 g/mol. The van der Waals surface area contributed by atoms with E-state index in [0.29, 0.717) is 31.5 Å². The molecular weight excluding hydrogens is 208 g/mol. The molecule has 3 N–H and O–H groups in total. The molecule has 0 radical (unpaired) electrons. The van der Waals surface area contributed by atoms with Gasteiger partial charge in [0.1, 0.15) is 0 Å². The third-order valence-electron chi connectivity index (χ3n) is 2.68. The summed E-state index contributed by atoms with van der Waals surface area (Å²) in [5.74, 6) is -0.769. The number of hydrogen-bond acceptors (Lipinski definition) is 3. The normalized spacial score (nSPS) is 21.7. The second kappa shape index (κ2) is 6.27. The van der Waals surface area contributed by atoms with E-state index in [0.717, 1.165) is 6.42 Å². The van der Waals surface area contributed by atoms with Gasteiger partial charge in [-0.15, -0.1) is 0 Å². The van der Waals surface area contributed by atoms with Gasteiger partial charge in [-0.3, -0.25) is 4.79 Å². The van der Waals surface area contributed by atoms with Crippen LogP contribution >= 0.6 is 0 Å². The molecule has 1 saturated heterocycles. The maximum atomic E-state index is 10.9. The predicted molar refractivity (Wildman–Crippen MR) is 60.0 cm³/mol. The van der Waals surface area contributed by atoms with E-state index in [-0.39, 0.29) is 11.9 Å². The average Bonchev–Trinajstić information content (AvgIpc) is 2.26. The van der Waals surface area contributed by atoms with E-state index in [2.05, 4.69) is 10.6 Å². The van der Waals surface area contributed by atoms with Crippen LogP contribution < -0.4 is 10.6 Å². The molecule has 1 aliphatic rings. The molecule has 0 aliphatic carbocycles. The van der Waals surface area contributed by atoms with Crippen LogP contribution in [0.4, 0.5) is 0 Å². The van der Waals surface area contributed by atoms with Crippen LogP contribution in [0.1, 0.15) is 26.2 Å². The van der Waals surface area contributed by atoms with Gasteiger partial charge in [0, 0.05) is 31.1 Å². The molecular formula is C11H18N2O3. The van der Waals surface area contributed by atoms with Crippen molar-refractivity contribution in [2.24, 2.45) is 0 Å². The second-order valence-corrected chi connectivity index (χ2v) is 3.84. The third-order valence-corrected chi connectivity index (χ3v) is 2.68. The largest absolute Gasteiger partial charge is 0.478 e. The summed E-state index contributed by atoms with van der Waals surface area (Å²) in [7, 11) is 0. The number of carboxylic acid groups (broad SMARTS) is 1. The maximum Gasteiger partial charge on any atom is 0.331 e. The molecule has 1 aliphatic heterocycles. The molecule has 1 amide bonds. The van der Waals surface area contributed by atoms with Crippen molar-refractivity contribution in [3.05, 3.63) is 11.6 Å². The molecule has 0 aromatic heterocycles. The van der Waals surface area contributed by atoms with E-state index in [1.54, 1.807) is 6.08 Å². The Morgan fingerprint density at radius 2 is 2.44 bits per heavy atom. The molecule has 1 unspecified atom stereocenters. The molecule has 0 aromatic rings. The molecule has 90 valence electrons. The van der Waals surface area contributed by atoms with Crippen LogP contribution in [0, 0.1) is 0 Å². The average molecular weight is 226 g/mol. The van der Waals surface area contributed by atoms with Gasteiger partial charge < -0.3 is 15.7 Å². The van der Waals surface area contributed by atoms with E-state index in [4.69, 9.17) is 5.11 Å². The summed E-state index contributed by atoms with van der Waals surface area (Å²) in [6.45, 7) is 2.98. The Kier molecular flexibility index (Phi) is 4.98.